The molecule has 8 nitrogen and oxygen atoms in total. The molecule has 1 N–H and O–H groups in total. The van der Waals surface area contributed by atoms with Crippen LogP contribution in [-0.2, 0) is 21.2 Å². The minimum Gasteiger partial charge on any atom is -0.497 e. The van der Waals surface area contributed by atoms with E-state index >= 15 is 0 Å². The molecule has 192 valence electrons. The predicted molar refractivity (Wildman–Crippen MR) is 138 cm³/mol. The summed E-state index contributed by atoms with van der Waals surface area (Å²) in [7, 11) is 2.37. The molecule has 3 rings (SSSR count). The van der Waals surface area contributed by atoms with Crippen molar-refractivity contribution in [2.75, 3.05) is 34.9 Å². The van der Waals surface area contributed by atoms with Crippen LogP contribution in [0, 0.1) is 0 Å². The lowest BCUT2D eigenvalue weighted by Crippen LogP contribution is -2.36. The van der Waals surface area contributed by atoms with Gasteiger partial charge in [0.05, 0.1) is 32.3 Å². The Balaban J connectivity index is 1.74. The zero-order chi connectivity index (χ0) is 26.1. The molecular weight excluding hydrogens is 480 g/mol. The largest absolute Gasteiger partial charge is 0.497 e. The van der Waals surface area contributed by atoms with Gasteiger partial charge in [-0.3, -0.25) is 4.79 Å². The first-order valence-corrected chi connectivity index (χ1v) is 12.9. The Morgan fingerprint density at radius 3 is 2.17 bits per heavy atom. The van der Waals surface area contributed by atoms with E-state index in [1.807, 2.05) is 18.2 Å². The van der Waals surface area contributed by atoms with E-state index < -0.39 is 16.1 Å². The van der Waals surface area contributed by atoms with Crippen LogP contribution in [-0.4, -0.2) is 53.6 Å². The van der Waals surface area contributed by atoms with Gasteiger partial charge in [0.1, 0.15) is 5.75 Å². The van der Waals surface area contributed by atoms with Gasteiger partial charge in [0.2, 0.25) is 15.9 Å². The van der Waals surface area contributed by atoms with E-state index in [9.17, 15) is 13.2 Å². The van der Waals surface area contributed by atoms with Crippen molar-refractivity contribution in [3.05, 3.63) is 83.9 Å². The van der Waals surface area contributed by atoms with Crippen LogP contribution in [0.1, 0.15) is 23.6 Å². The number of hydrogen-bond donors (Lipinski definition) is 1. The van der Waals surface area contributed by atoms with Crippen molar-refractivity contribution in [1.82, 2.24) is 9.62 Å². The predicted octanol–water partition coefficient (Wildman–Crippen LogP) is 3.82. The Labute approximate surface area is 212 Å². The molecule has 9 heteroatoms. The van der Waals surface area contributed by atoms with Gasteiger partial charge in [-0.05, 0) is 53.9 Å². The van der Waals surface area contributed by atoms with Crippen LogP contribution in [0.4, 0.5) is 0 Å². The summed E-state index contributed by atoms with van der Waals surface area (Å²) in [5.41, 5.74) is 1.66. The molecule has 1 atom stereocenters. The second-order valence-electron chi connectivity index (χ2n) is 8.12. The Morgan fingerprint density at radius 1 is 0.889 bits per heavy atom. The number of carbonyl (C=O) groups excluding carboxylic acids is 1. The average Bonchev–Trinajstić information content (AvgIpc) is 2.91. The monoisotopic (exact) mass is 512 g/mol. The smallest absolute Gasteiger partial charge is 0.243 e. The number of nitrogens with zero attached hydrogens (tertiary/aromatic N) is 1. The molecule has 0 aliphatic heterocycles. The highest BCUT2D eigenvalue weighted by molar-refractivity contribution is 7.89. The third-order valence-corrected chi connectivity index (χ3v) is 7.80. The zero-order valence-electron chi connectivity index (χ0n) is 20.9. The van der Waals surface area contributed by atoms with Crippen LogP contribution in [0.2, 0.25) is 0 Å². The normalized spacial score (nSPS) is 12.1. The molecule has 0 unspecified atom stereocenters. The summed E-state index contributed by atoms with van der Waals surface area (Å²) in [6.07, 6.45) is 0.540. The number of sulfonamides is 1. The van der Waals surface area contributed by atoms with Crippen molar-refractivity contribution >= 4 is 15.9 Å². The average molecular weight is 513 g/mol. The fraction of sp³-hybridized carbons (Fsp3) is 0.296. The molecule has 0 saturated heterocycles. The quantitative estimate of drug-likeness (QED) is 0.397. The molecule has 3 aromatic rings. The van der Waals surface area contributed by atoms with Gasteiger partial charge in [-0.15, -0.1) is 0 Å². The second-order valence-corrected chi connectivity index (χ2v) is 10.1. The van der Waals surface area contributed by atoms with E-state index in [-0.39, 0.29) is 17.2 Å². The van der Waals surface area contributed by atoms with Gasteiger partial charge in [0.15, 0.2) is 11.5 Å². The standard InChI is InChI=1S/C27H32N2O6S/c1-29(36(31,32)23-8-6-5-7-9-23)24(21-11-13-22(33-2)14-12-21)19-27(30)28-17-16-20-10-15-25(34-3)26(18-20)35-4/h5-15,18,24H,16-17,19H2,1-4H3,(H,28,30)/t24-/m1/s1. The number of hydrogen-bond acceptors (Lipinski definition) is 6. The fourth-order valence-electron chi connectivity index (χ4n) is 3.84. The number of rotatable bonds is 12. The first kappa shape index (κ1) is 27.0. The van der Waals surface area contributed by atoms with Crippen LogP contribution in [0.15, 0.2) is 77.7 Å². The molecule has 0 spiro atoms. The SMILES string of the molecule is COc1ccc([C@@H](CC(=O)NCCc2ccc(OC)c(OC)c2)N(C)S(=O)(=O)c2ccccc2)cc1. The van der Waals surface area contributed by atoms with Gasteiger partial charge in [-0.25, -0.2) is 8.42 Å². The van der Waals surface area contributed by atoms with Crippen molar-refractivity contribution in [3.63, 3.8) is 0 Å². The summed E-state index contributed by atoms with van der Waals surface area (Å²) in [5, 5.41) is 2.91. The number of ether oxygens (including phenoxy) is 3. The van der Waals surface area contributed by atoms with Crippen molar-refractivity contribution in [3.8, 4) is 17.2 Å². The number of nitrogens with one attached hydrogen (secondary N) is 1. The molecule has 0 saturated carbocycles. The van der Waals surface area contributed by atoms with E-state index in [0.29, 0.717) is 35.8 Å². The minimum atomic E-state index is -3.83. The molecule has 0 aliphatic carbocycles. The van der Waals surface area contributed by atoms with Gasteiger partial charge in [-0.1, -0.05) is 36.4 Å². The molecule has 1 amide bonds. The van der Waals surface area contributed by atoms with Gasteiger partial charge >= 0.3 is 0 Å². The molecule has 0 heterocycles. The van der Waals surface area contributed by atoms with Crippen molar-refractivity contribution in [1.29, 1.82) is 0 Å². The van der Waals surface area contributed by atoms with Gasteiger partial charge in [0.25, 0.3) is 0 Å². The van der Waals surface area contributed by atoms with Crippen LogP contribution in [0.25, 0.3) is 0 Å². The molecule has 3 aromatic carbocycles. The third kappa shape index (κ3) is 6.56. The first-order chi connectivity index (χ1) is 17.3. The molecule has 0 aromatic heterocycles. The van der Waals surface area contributed by atoms with Crippen molar-refractivity contribution in [2.45, 2.75) is 23.8 Å². The van der Waals surface area contributed by atoms with Gasteiger partial charge in [0, 0.05) is 20.0 Å². The summed E-state index contributed by atoms with van der Waals surface area (Å²) >= 11 is 0. The van der Waals surface area contributed by atoms with Crippen molar-refractivity contribution < 1.29 is 27.4 Å². The van der Waals surface area contributed by atoms with Crippen LogP contribution in [0.3, 0.4) is 0 Å². The number of methoxy groups -OCH3 is 3. The molecular formula is C27H32N2O6S. The maximum atomic E-state index is 13.3. The van der Waals surface area contributed by atoms with Gasteiger partial charge in [-0.2, -0.15) is 4.31 Å². The number of benzene rings is 3. The summed E-state index contributed by atoms with van der Waals surface area (Å²) in [6.45, 7) is 0.388. The van der Waals surface area contributed by atoms with Crippen LogP contribution >= 0.6 is 0 Å². The topological polar surface area (TPSA) is 94.2 Å². The lowest BCUT2D eigenvalue weighted by molar-refractivity contribution is -0.121. The number of amides is 1. The van der Waals surface area contributed by atoms with Crippen molar-refractivity contribution in [2.24, 2.45) is 0 Å². The number of carbonyl (C=O) groups is 1. The first-order valence-electron chi connectivity index (χ1n) is 11.4. The Morgan fingerprint density at radius 2 is 1.56 bits per heavy atom. The molecule has 0 aliphatic rings. The third-order valence-electron chi connectivity index (χ3n) is 5.92. The van der Waals surface area contributed by atoms with E-state index in [0.717, 1.165) is 5.56 Å². The maximum absolute atomic E-state index is 13.3. The lowest BCUT2D eigenvalue weighted by Gasteiger charge is -2.28. The fourth-order valence-corrected chi connectivity index (χ4v) is 5.20. The van der Waals surface area contributed by atoms with E-state index in [4.69, 9.17) is 14.2 Å². The highest BCUT2D eigenvalue weighted by Crippen LogP contribution is 2.30. The second kappa shape index (κ2) is 12.4. The molecule has 0 fully saturated rings. The Hall–Kier alpha value is -3.56. The molecule has 36 heavy (non-hydrogen) atoms. The minimum absolute atomic E-state index is 0.0408. The summed E-state index contributed by atoms with van der Waals surface area (Å²) in [6, 6.07) is 20.1. The van der Waals surface area contributed by atoms with Crippen LogP contribution < -0.4 is 19.5 Å². The summed E-state index contributed by atoms with van der Waals surface area (Å²) in [5.74, 6) is 1.64. The summed E-state index contributed by atoms with van der Waals surface area (Å²) < 4.78 is 43.7. The molecule has 0 bridgehead atoms. The van der Waals surface area contributed by atoms with E-state index in [1.165, 1.54) is 11.4 Å². The van der Waals surface area contributed by atoms with Crippen LogP contribution in [0.5, 0.6) is 17.2 Å². The zero-order valence-corrected chi connectivity index (χ0v) is 21.7. The lowest BCUT2D eigenvalue weighted by atomic mass is 10.0. The highest BCUT2D eigenvalue weighted by atomic mass is 32.2. The Bertz CT molecular complexity index is 1250. The van der Waals surface area contributed by atoms with E-state index in [2.05, 4.69) is 5.32 Å². The highest BCUT2D eigenvalue weighted by Gasteiger charge is 2.30. The summed E-state index contributed by atoms with van der Waals surface area (Å²) in [4.78, 5) is 13.1. The van der Waals surface area contributed by atoms with Gasteiger partial charge < -0.3 is 19.5 Å². The Kier molecular flexibility index (Phi) is 9.32. The van der Waals surface area contributed by atoms with E-state index in [1.54, 1.807) is 75.9 Å². The molecule has 0 radical (unpaired) electrons. The maximum Gasteiger partial charge on any atom is 0.243 e.